The summed E-state index contributed by atoms with van der Waals surface area (Å²) in [7, 11) is 6.34. The zero-order valence-electron chi connectivity index (χ0n) is 18.5. The first kappa shape index (κ1) is 22.7. The minimum atomic E-state index is -0.589. The maximum absolute atomic E-state index is 13.1. The third-order valence-corrected chi connectivity index (χ3v) is 4.80. The minimum absolute atomic E-state index is 0.00770. The first-order valence-corrected chi connectivity index (χ1v) is 9.67. The lowest BCUT2D eigenvalue weighted by Gasteiger charge is -2.20. The number of aryl methyl sites for hydroxylation is 2. The van der Waals surface area contributed by atoms with Crippen LogP contribution < -0.4 is 14.8 Å². The van der Waals surface area contributed by atoms with E-state index in [1.807, 2.05) is 20.2 Å². The Bertz CT molecular complexity index is 1140. The molecule has 32 heavy (non-hydrogen) atoms. The fourth-order valence-corrected chi connectivity index (χ4v) is 3.23. The molecular formula is C22H24FN5O4. The van der Waals surface area contributed by atoms with Gasteiger partial charge in [-0.3, -0.25) is 14.3 Å². The molecule has 0 radical (unpaired) electrons. The van der Waals surface area contributed by atoms with Gasteiger partial charge in [0.15, 0.2) is 11.5 Å². The van der Waals surface area contributed by atoms with Crippen molar-refractivity contribution in [3.8, 4) is 11.5 Å². The van der Waals surface area contributed by atoms with E-state index in [4.69, 9.17) is 9.47 Å². The van der Waals surface area contributed by atoms with Gasteiger partial charge in [0, 0.05) is 38.0 Å². The number of aromatic nitrogens is 3. The van der Waals surface area contributed by atoms with Crippen molar-refractivity contribution in [2.75, 3.05) is 26.6 Å². The number of benzene rings is 1. The number of halogens is 1. The number of nitrogens with zero attached hydrogens (tertiary/aromatic N) is 4. The fraction of sp³-hybridized carbons (Fsp3) is 0.273. The van der Waals surface area contributed by atoms with Crippen LogP contribution in [0.2, 0.25) is 0 Å². The molecular weight excluding hydrogens is 417 g/mol. The van der Waals surface area contributed by atoms with Crippen molar-refractivity contribution in [1.82, 2.24) is 19.7 Å². The smallest absolute Gasteiger partial charge is 0.274 e. The van der Waals surface area contributed by atoms with Crippen LogP contribution in [-0.4, -0.2) is 52.7 Å². The number of hydrogen-bond acceptors (Lipinski definition) is 6. The number of carbonyl (C=O) groups excluding carboxylic acids is 2. The van der Waals surface area contributed by atoms with Gasteiger partial charge in [-0.05, 0) is 31.2 Å². The number of methoxy groups -OCH3 is 2. The van der Waals surface area contributed by atoms with Crippen molar-refractivity contribution in [3.63, 3.8) is 0 Å². The number of hydrogen-bond donors (Lipinski definition) is 1. The molecule has 2 amide bonds. The maximum Gasteiger partial charge on any atom is 0.274 e. The third kappa shape index (κ3) is 4.85. The van der Waals surface area contributed by atoms with Crippen LogP contribution in [0.15, 0.2) is 36.7 Å². The van der Waals surface area contributed by atoms with Crippen LogP contribution in [0.4, 0.5) is 10.1 Å². The molecule has 0 bridgehead atoms. The van der Waals surface area contributed by atoms with Crippen molar-refractivity contribution in [2.24, 2.45) is 7.05 Å². The maximum atomic E-state index is 13.1. The number of ether oxygens (including phenoxy) is 2. The predicted octanol–water partition coefficient (Wildman–Crippen LogP) is 2.80. The Hall–Kier alpha value is -3.95. The Kier molecular flexibility index (Phi) is 6.72. The summed E-state index contributed by atoms with van der Waals surface area (Å²) in [5, 5.41) is 6.95. The second kappa shape index (κ2) is 9.46. The quantitative estimate of drug-likeness (QED) is 0.605. The second-order valence-corrected chi connectivity index (χ2v) is 7.15. The van der Waals surface area contributed by atoms with Crippen molar-refractivity contribution < 1.29 is 23.5 Å². The average Bonchev–Trinajstić information content (AvgIpc) is 3.09. The highest BCUT2D eigenvalue weighted by Crippen LogP contribution is 2.37. The highest BCUT2D eigenvalue weighted by Gasteiger charge is 2.21. The highest BCUT2D eigenvalue weighted by molar-refractivity contribution is 6.05. The summed E-state index contributed by atoms with van der Waals surface area (Å²) in [6.45, 7) is 2.23. The molecule has 10 heteroatoms. The number of nitrogens with one attached hydrogen (secondary N) is 1. The van der Waals surface area contributed by atoms with Crippen LogP contribution in [-0.2, 0) is 13.6 Å². The van der Waals surface area contributed by atoms with Gasteiger partial charge in [0.1, 0.15) is 11.5 Å². The Morgan fingerprint density at radius 2 is 1.97 bits per heavy atom. The van der Waals surface area contributed by atoms with E-state index in [0.717, 1.165) is 23.5 Å². The molecule has 0 saturated carbocycles. The molecule has 1 N–H and O–H groups in total. The molecule has 0 spiro atoms. The van der Waals surface area contributed by atoms with E-state index in [0.29, 0.717) is 6.54 Å². The minimum Gasteiger partial charge on any atom is -0.493 e. The summed E-state index contributed by atoms with van der Waals surface area (Å²) >= 11 is 0. The first-order chi connectivity index (χ1) is 15.2. The number of rotatable bonds is 7. The third-order valence-electron chi connectivity index (χ3n) is 4.80. The molecule has 0 aliphatic rings. The molecule has 0 fully saturated rings. The van der Waals surface area contributed by atoms with Crippen molar-refractivity contribution >= 4 is 17.5 Å². The highest BCUT2D eigenvalue weighted by atomic mass is 19.1. The summed E-state index contributed by atoms with van der Waals surface area (Å²) in [5.41, 5.74) is 2.26. The summed E-state index contributed by atoms with van der Waals surface area (Å²) in [6.07, 6.45) is 2.80. The van der Waals surface area contributed by atoms with E-state index in [-0.39, 0.29) is 34.4 Å². The second-order valence-electron chi connectivity index (χ2n) is 7.15. The van der Waals surface area contributed by atoms with Crippen molar-refractivity contribution in [1.29, 1.82) is 0 Å². The Balaban J connectivity index is 1.90. The SMILES string of the molecule is COc1cc(C(=O)N(C)Cc2cn(C)nc2C)cc(NC(=O)c2ccc(F)cn2)c1OC. The largest absolute Gasteiger partial charge is 0.493 e. The molecule has 0 atom stereocenters. The summed E-state index contributed by atoms with van der Waals surface area (Å²) < 4.78 is 25.5. The fourth-order valence-electron chi connectivity index (χ4n) is 3.23. The van der Waals surface area contributed by atoms with Crippen LogP contribution in [0, 0.1) is 12.7 Å². The normalized spacial score (nSPS) is 10.6. The molecule has 2 heterocycles. The van der Waals surface area contributed by atoms with Gasteiger partial charge in [0.05, 0.1) is 31.8 Å². The molecule has 0 aliphatic carbocycles. The van der Waals surface area contributed by atoms with Gasteiger partial charge >= 0.3 is 0 Å². The molecule has 0 saturated heterocycles. The van der Waals surface area contributed by atoms with Crippen LogP contribution in [0.3, 0.4) is 0 Å². The Morgan fingerprint density at radius 3 is 2.53 bits per heavy atom. The molecule has 3 aromatic rings. The Labute approximate surface area is 184 Å². The first-order valence-electron chi connectivity index (χ1n) is 9.67. The molecule has 168 valence electrons. The molecule has 0 aliphatic heterocycles. The summed E-state index contributed by atoms with van der Waals surface area (Å²) in [6, 6.07) is 5.43. The van der Waals surface area contributed by atoms with Gasteiger partial charge in [-0.1, -0.05) is 0 Å². The van der Waals surface area contributed by atoms with Crippen molar-refractivity contribution in [3.05, 3.63) is 65.0 Å². The molecule has 0 unspecified atom stereocenters. The Morgan fingerprint density at radius 1 is 1.22 bits per heavy atom. The van der Waals surface area contributed by atoms with E-state index in [2.05, 4.69) is 15.4 Å². The lowest BCUT2D eigenvalue weighted by molar-refractivity contribution is 0.0784. The van der Waals surface area contributed by atoms with E-state index < -0.39 is 11.7 Å². The average molecular weight is 441 g/mol. The topological polar surface area (TPSA) is 98.6 Å². The van der Waals surface area contributed by atoms with Crippen LogP contribution in [0.25, 0.3) is 0 Å². The molecule has 9 nitrogen and oxygen atoms in total. The van der Waals surface area contributed by atoms with E-state index in [9.17, 15) is 14.0 Å². The van der Waals surface area contributed by atoms with Gasteiger partial charge in [-0.15, -0.1) is 0 Å². The molecule has 1 aromatic carbocycles. The number of pyridine rings is 1. The monoisotopic (exact) mass is 441 g/mol. The lowest BCUT2D eigenvalue weighted by atomic mass is 10.1. The summed E-state index contributed by atoms with van der Waals surface area (Å²) in [4.78, 5) is 31.0. The van der Waals surface area contributed by atoms with E-state index >= 15 is 0 Å². The van der Waals surface area contributed by atoms with E-state index in [1.165, 1.54) is 26.4 Å². The van der Waals surface area contributed by atoms with Gasteiger partial charge in [-0.25, -0.2) is 9.37 Å². The molecule has 2 aromatic heterocycles. The van der Waals surface area contributed by atoms with Gasteiger partial charge in [0.25, 0.3) is 11.8 Å². The van der Waals surface area contributed by atoms with Crippen molar-refractivity contribution in [2.45, 2.75) is 13.5 Å². The van der Waals surface area contributed by atoms with E-state index in [1.54, 1.807) is 22.7 Å². The zero-order valence-corrected chi connectivity index (χ0v) is 18.5. The van der Waals surface area contributed by atoms with Gasteiger partial charge < -0.3 is 19.7 Å². The summed E-state index contributed by atoms with van der Waals surface area (Å²) in [5.74, 6) is -0.920. The lowest BCUT2D eigenvalue weighted by Crippen LogP contribution is -2.26. The van der Waals surface area contributed by atoms with Crippen LogP contribution in [0.1, 0.15) is 32.1 Å². The van der Waals surface area contributed by atoms with Crippen LogP contribution >= 0.6 is 0 Å². The number of amides is 2. The van der Waals surface area contributed by atoms with Gasteiger partial charge in [0.2, 0.25) is 0 Å². The molecule has 3 rings (SSSR count). The predicted molar refractivity (Wildman–Crippen MR) is 115 cm³/mol. The number of carbonyl (C=O) groups is 2. The standard InChI is InChI=1S/C22H24FN5O4/c1-13-15(12-28(3)26-13)11-27(2)22(30)14-8-18(20(32-5)19(9-14)31-4)25-21(29)17-7-6-16(23)10-24-17/h6-10,12H,11H2,1-5H3,(H,25,29). The van der Waals surface area contributed by atoms with Gasteiger partial charge in [-0.2, -0.15) is 5.10 Å². The van der Waals surface area contributed by atoms with Crippen LogP contribution in [0.5, 0.6) is 11.5 Å². The zero-order chi connectivity index (χ0) is 23.4. The number of anilines is 1.